The summed E-state index contributed by atoms with van der Waals surface area (Å²) in [5, 5.41) is 0. The molecule has 0 spiro atoms. The van der Waals surface area contributed by atoms with Crippen LogP contribution in [0, 0.1) is 0 Å². The second kappa shape index (κ2) is 5.88. The van der Waals surface area contributed by atoms with Gasteiger partial charge in [0.25, 0.3) is 0 Å². The predicted molar refractivity (Wildman–Crippen MR) is 83.2 cm³/mol. The first-order valence-corrected chi connectivity index (χ1v) is 7.69. The van der Waals surface area contributed by atoms with Gasteiger partial charge in [0.15, 0.2) is 0 Å². The molecular formula is C12H14N4O3S2. The van der Waals surface area contributed by atoms with Crippen LogP contribution < -0.4 is 4.31 Å². The van der Waals surface area contributed by atoms with Crippen LogP contribution in [0.2, 0.25) is 0 Å². The van der Waals surface area contributed by atoms with Crippen LogP contribution in [-0.2, 0) is 15.0 Å². The molecule has 0 atom stereocenters. The molecule has 2 aromatic rings. The summed E-state index contributed by atoms with van der Waals surface area (Å²) in [4.78, 5) is 15.1. The Hall–Kier alpha value is -1.84. The molecule has 7 nitrogen and oxygen atoms in total. The average Bonchev–Trinajstić information content (AvgIpc) is 2.93. The number of imidazole rings is 1. The van der Waals surface area contributed by atoms with Crippen molar-refractivity contribution in [1.82, 2.24) is 13.3 Å². The number of carbonyl (C=O) groups is 1. The highest BCUT2D eigenvalue weighted by Crippen LogP contribution is 2.25. The molecular weight excluding hydrogens is 312 g/mol. The largest absolute Gasteiger partial charge is 0.309 e. The molecule has 9 heteroatoms. The van der Waals surface area contributed by atoms with Gasteiger partial charge in [0.05, 0.1) is 11.9 Å². The summed E-state index contributed by atoms with van der Waals surface area (Å²) in [7, 11) is -1.02. The van der Waals surface area contributed by atoms with Gasteiger partial charge in [0, 0.05) is 19.7 Å². The van der Waals surface area contributed by atoms with E-state index in [1.807, 2.05) is 18.2 Å². The smallest absolute Gasteiger partial charge is 0.277 e. The Morgan fingerprint density at radius 2 is 1.86 bits per heavy atom. The molecule has 1 aromatic heterocycles. The van der Waals surface area contributed by atoms with Crippen molar-refractivity contribution in [1.29, 1.82) is 0 Å². The molecule has 0 unspecified atom stereocenters. The number of amides is 1. The molecule has 1 heterocycles. The molecule has 0 aliphatic rings. The normalized spacial score (nSPS) is 11.6. The number of benzene rings is 1. The van der Waals surface area contributed by atoms with Crippen LogP contribution in [0.4, 0.5) is 5.95 Å². The van der Waals surface area contributed by atoms with Crippen LogP contribution >= 0.6 is 12.8 Å². The first-order valence-electron chi connectivity index (χ1n) is 5.89. The lowest BCUT2D eigenvalue weighted by atomic mass is 10.2. The Bertz CT molecular complexity index is 741. The molecule has 0 aliphatic carbocycles. The number of rotatable bonds is 5. The topological polar surface area (TPSA) is 75.5 Å². The van der Waals surface area contributed by atoms with Gasteiger partial charge in [-0.25, -0.2) is 9.29 Å². The second-order valence-electron chi connectivity index (χ2n) is 4.33. The quantitative estimate of drug-likeness (QED) is 0.657. The van der Waals surface area contributed by atoms with Gasteiger partial charge in [0.2, 0.25) is 12.4 Å². The highest BCUT2D eigenvalue weighted by atomic mass is 32.2. The molecule has 0 fully saturated rings. The molecule has 0 saturated heterocycles. The molecule has 0 bridgehead atoms. The van der Waals surface area contributed by atoms with E-state index < -0.39 is 10.2 Å². The van der Waals surface area contributed by atoms with E-state index in [0.29, 0.717) is 12.1 Å². The first kappa shape index (κ1) is 15.5. The molecule has 112 valence electrons. The number of anilines is 1. The lowest BCUT2D eigenvalue weighted by molar-refractivity contribution is -0.106. The van der Waals surface area contributed by atoms with Crippen LogP contribution in [0.25, 0.3) is 11.3 Å². The van der Waals surface area contributed by atoms with E-state index >= 15 is 0 Å². The summed E-state index contributed by atoms with van der Waals surface area (Å²) in [5.41, 5.74) is 1.16. The summed E-state index contributed by atoms with van der Waals surface area (Å²) in [6.45, 7) is 0. The van der Waals surface area contributed by atoms with Crippen molar-refractivity contribution < 1.29 is 13.2 Å². The van der Waals surface area contributed by atoms with E-state index in [-0.39, 0.29) is 5.95 Å². The molecule has 1 aromatic carbocycles. The molecule has 0 radical (unpaired) electrons. The van der Waals surface area contributed by atoms with E-state index in [2.05, 4.69) is 17.8 Å². The Kier molecular flexibility index (Phi) is 4.35. The van der Waals surface area contributed by atoms with Gasteiger partial charge in [-0.05, 0) is 0 Å². The maximum Gasteiger partial charge on any atom is 0.309 e. The van der Waals surface area contributed by atoms with Crippen molar-refractivity contribution in [3.05, 3.63) is 36.5 Å². The minimum atomic E-state index is -3.81. The number of hydrogen-bond donors (Lipinski definition) is 1. The zero-order valence-electron chi connectivity index (χ0n) is 11.4. The lowest BCUT2D eigenvalue weighted by Crippen LogP contribution is -2.30. The van der Waals surface area contributed by atoms with Gasteiger partial charge in [-0.1, -0.05) is 43.1 Å². The van der Waals surface area contributed by atoms with Crippen molar-refractivity contribution in [2.24, 2.45) is 0 Å². The van der Waals surface area contributed by atoms with E-state index in [9.17, 15) is 13.2 Å². The minimum Gasteiger partial charge on any atom is -0.277 e. The monoisotopic (exact) mass is 326 g/mol. The van der Waals surface area contributed by atoms with Crippen LogP contribution in [0.15, 0.2) is 36.5 Å². The summed E-state index contributed by atoms with van der Waals surface area (Å²) in [6, 6.07) is 9.05. The zero-order valence-corrected chi connectivity index (χ0v) is 13.1. The van der Waals surface area contributed by atoms with Crippen LogP contribution in [0.3, 0.4) is 0 Å². The van der Waals surface area contributed by atoms with E-state index in [4.69, 9.17) is 0 Å². The Morgan fingerprint density at radius 3 is 2.38 bits per heavy atom. The molecule has 0 aliphatic heterocycles. The van der Waals surface area contributed by atoms with Crippen LogP contribution in [0.5, 0.6) is 0 Å². The Balaban J connectivity index is 2.64. The predicted octanol–water partition coefficient (Wildman–Crippen LogP) is 1.01. The maximum absolute atomic E-state index is 12.3. The van der Waals surface area contributed by atoms with Crippen LogP contribution in [0.1, 0.15) is 0 Å². The minimum absolute atomic E-state index is 0.0964. The Morgan fingerprint density at radius 1 is 1.24 bits per heavy atom. The molecule has 21 heavy (non-hydrogen) atoms. The SMILES string of the molecule is CN(C)S(=O)(=O)n1cc(-c2ccccc2)nc1N(S)C=O. The third-order valence-electron chi connectivity index (χ3n) is 2.74. The molecule has 0 N–H and O–H groups in total. The molecule has 2 rings (SSSR count). The number of carbonyl (C=O) groups excluding carboxylic acids is 1. The van der Waals surface area contributed by atoms with Crippen LogP contribution in [-0.4, -0.2) is 42.2 Å². The van der Waals surface area contributed by atoms with Gasteiger partial charge >= 0.3 is 10.2 Å². The van der Waals surface area contributed by atoms with Gasteiger partial charge in [-0.2, -0.15) is 16.7 Å². The van der Waals surface area contributed by atoms with Gasteiger partial charge in [-0.15, -0.1) is 0 Å². The summed E-state index contributed by atoms with van der Waals surface area (Å²) >= 11 is 3.91. The highest BCUT2D eigenvalue weighted by Gasteiger charge is 2.24. The summed E-state index contributed by atoms with van der Waals surface area (Å²) in [5.74, 6) is -0.0964. The van der Waals surface area contributed by atoms with Gasteiger partial charge in [-0.3, -0.25) is 4.79 Å². The summed E-state index contributed by atoms with van der Waals surface area (Å²) in [6.07, 6.45) is 1.73. The number of aromatic nitrogens is 2. The van der Waals surface area contributed by atoms with Crippen molar-refractivity contribution >= 4 is 35.4 Å². The highest BCUT2D eigenvalue weighted by molar-refractivity contribution is 7.87. The third-order valence-corrected chi connectivity index (χ3v) is 4.70. The third kappa shape index (κ3) is 2.94. The molecule has 1 amide bonds. The lowest BCUT2D eigenvalue weighted by Gasteiger charge is -2.15. The Labute approximate surface area is 128 Å². The fraction of sp³-hybridized carbons (Fsp3) is 0.167. The van der Waals surface area contributed by atoms with Crippen molar-refractivity contribution in [2.75, 3.05) is 18.4 Å². The van der Waals surface area contributed by atoms with Crippen molar-refractivity contribution in [2.45, 2.75) is 0 Å². The number of hydrogen-bond acceptors (Lipinski definition) is 5. The maximum atomic E-state index is 12.3. The van der Waals surface area contributed by atoms with Gasteiger partial charge < -0.3 is 0 Å². The van der Waals surface area contributed by atoms with E-state index in [1.54, 1.807) is 12.1 Å². The summed E-state index contributed by atoms with van der Waals surface area (Å²) < 4.78 is 27.3. The number of thiol groups is 1. The average molecular weight is 326 g/mol. The zero-order chi connectivity index (χ0) is 15.6. The number of nitrogens with zero attached hydrogens (tertiary/aromatic N) is 4. The molecule has 0 saturated carbocycles. The van der Waals surface area contributed by atoms with Gasteiger partial charge in [0.1, 0.15) is 0 Å². The first-order chi connectivity index (χ1) is 9.87. The second-order valence-corrected chi connectivity index (χ2v) is 6.78. The van der Waals surface area contributed by atoms with Crippen molar-refractivity contribution in [3.63, 3.8) is 0 Å². The van der Waals surface area contributed by atoms with E-state index in [0.717, 1.165) is 18.1 Å². The van der Waals surface area contributed by atoms with Crippen molar-refractivity contribution in [3.8, 4) is 11.3 Å². The fourth-order valence-corrected chi connectivity index (χ4v) is 2.77. The standard InChI is InChI=1S/C12H14N4O3S2/c1-14(2)21(18,19)16-8-11(10-6-4-3-5-7-10)13-12(16)15(20)9-17/h3-9,20H,1-2H3. The fourth-order valence-electron chi connectivity index (χ4n) is 1.65. The van der Waals surface area contributed by atoms with E-state index in [1.165, 1.54) is 20.3 Å².